The summed E-state index contributed by atoms with van der Waals surface area (Å²) in [6, 6.07) is 7.99. The third kappa shape index (κ3) is 5.45. The summed E-state index contributed by atoms with van der Waals surface area (Å²) in [5.41, 5.74) is 0.206. The molecule has 0 saturated heterocycles. The van der Waals surface area contributed by atoms with Gasteiger partial charge in [-0.2, -0.15) is 0 Å². The molecule has 1 atom stereocenters. The van der Waals surface area contributed by atoms with Crippen LogP contribution in [0.2, 0.25) is 10.0 Å². The molecule has 0 aliphatic heterocycles. The van der Waals surface area contributed by atoms with E-state index in [-0.39, 0.29) is 15.6 Å². The third-order valence-electron chi connectivity index (χ3n) is 3.49. The molecule has 0 aliphatic carbocycles. The molecule has 3 aromatic rings. The van der Waals surface area contributed by atoms with E-state index in [1.54, 1.807) is 42.2 Å². The Morgan fingerprint density at radius 3 is 2.79 bits per heavy atom. The van der Waals surface area contributed by atoms with E-state index >= 15 is 0 Å². The zero-order chi connectivity index (χ0) is 20.1. The SMILES string of the molecule is CC(NC(=O)c1cccc(Cl)c1Cl)C(=O)Nc1nnc(SCc2cccs2)s1. The Balaban J connectivity index is 1.54. The molecule has 0 bridgehead atoms. The van der Waals surface area contributed by atoms with Gasteiger partial charge in [-0.3, -0.25) is 14.9 Å². The van der Waals surface area contributed by atoms with Crippen LogP contribution in [-0.4, -0.2) is 28.1 Å². The number of aromatic nitrogens is 2. The van der Waals surface area contributed by atoms with Gasteiger partial charge in [0.1, 0.15) is 6.04 Å². The molecular weight excluding hydrogens is 459 g/mol. The van der Waals surface area contributed by atoms with Gasteiger partial charge in [0, 0.05) is 10.6 Å². The highest BCUT2D eigenvalue weighted by Gasteiger charge is 2.20. The first kappa shape index (κ1) is 21.1. The molecule has 2 heterocycles. The largest absolute Gasteiger partial charge is 0.340 e. The van der Waals surface area contributed by atoms with E-state index in [1.165, 1.54) is 22.3 Å². The van der Waals surface area contributed by atoms with Crippen molar-refractivity contribution in [2.75, 3.05) is 5.32 Å². The van der Waals surface area contributed by atoms with Crippen LogP contribution in [0.25, 0.3) is 0 Å². The number of carbonyl (C=O) groups is 2. The molecule has 6 nitrogen and oxygen atoms in total. The molecule has 2 amide bonds. The molecule has 146 valence electrons. The first-order valence-corrected chi connectivity index (χ1v) is 11.4. The first-order chi connectivity index (χ1) is 13.4. The van der Waals surface area contributed by atoms with Crippen LogP contribution in [0.1, 0.15) is 22.2 Å². The molecule has 2 aromatic heterocycles. The fraction of sp³-hybridized carbons (Fsp3) is 0.176. The van der Waals surface area contributed by atoms with Gasteiger partial charge in [-0.15, -0.1) is 21.5 Å². The van der Waals surface area contributed by atoms with E-state index in [0.717, 1.165) is 10.1 Å². The summed E-state index contributed by atoms with van der Waals surface area (Å²) in [5, 5.41) is 16.1. The summed E-state index contributed by atoms with van der Waals surface area (Å²) in [4.78, 5) is 25.9. The highest BCUT2D eigenvalue weighted by Crippen LogP contribution is 2.29. The van der Waals surface area contributed by atoms with Crippen molar-refractivity contribution in [1.29, 1.82) is 0 Å². The number of carbonyl (C=O) groups excluding carboxylic acids is 2. The van der Waals surface area contributed by atoms with Crippen molar-refractivity contribution < 1.29 is 9.59 Å². The summed E-state index contributed by atoms with van der Waals surface area (Å²) in [5.74, 6) is -0.0929. The lowest BCUT2D eigenvalue weighted by molar-refractivity contribution is -0.117. The normalized spacial score (nSPS) is 11.8. The Kier molecular flexibility index (Phi) is 7.30. The standard InChI is InChI=1S/C17H14Cl2N4O2S3/c1-9(20-15(25)11-5-2-6-12(18)13(11)19)14(24)21-16-22-23-17(28-16)27-8-10-4-3-7-26-10/h2-7,9H,8H2,1H3,(H,20,25)(H,21,22,24). The van der Waals surface area contributed by atoms with Crippen molar-refractivity contribution in [3.63, 3.8) is 0 Å². The fourth-order valence-electron chi connectivity index (χ4n) is 2.08. The Labute approximate surface area is 183 Å². The number of thiophene rings is 1. The summed E-state index contributed by atoms with van der Waals surface area (Å²) in [6.07, 6.45) is 0. The lowest BCUT2D eigenvalue weighted by atomic mass is 10.2. The Morgan fingerprint density at radius 1 is 1.21 bits per heavy atom. The van der Waals surface area contributed by atoms with Gasteiger partial charge in [0.05, 0.1) is 15.6 Å². The average molecular weight is 473 g/mol. The molecular formula is C17H14Cl2N4O2S3. The number of nitrogens with zero attached hydrogens (tertiary/aromatic N) is 2. The number of benzene rings is 1. The van der Waals surface area contributed by atoms with Gasteiger partial charge < -0.3 is 5.32 Å². The topological polar surface area (TPSA) is 84.0 Å². The van der Waals surface area contributed by atoms with Gasteiger partial charge in [0.25, 0.3) is 5.91 Å². The summed E-state index contributed by atoms with van der Waals surface area (Å²) >= 11 is 16.5. The van der Waals surface area contributed by atoms with Crippen LogP contribution in [0.3, 0.4) is 0 Å². The first-order valence-electron chi connectivity index (χ1n) is 7.98. The fourth-order valence-corrected chi connectivity index (χ4v) is 4.99. The number of thioether (sulfide) groups is 1. The zero-order valence-corrected chi connectivity index (χ0v) is 18.4. The second-order valence-electron chi connectivity index (χ2n) is 5.53. The number of hydrogen-bond acceptors (Lipinski definition) is 7. The lowest BCUT2D eigenvalue weighted by Crippen LogP contribution is -2.41. The Bertz CT molecular complexity index is 979. The van der Waals surface area contributed by atoms with Crippen molar-refractivity contribution >= 4 is 74.6 Å². The van der Waals surface area contributed by atoms with Crippen LogP contribution in [0.15, 0.2) is 40.1 Å². The molecule has 0 saturated carbocycles. The number of halogens is 2. The van der Waals surface area contributed by atoms with Crippen LogP contribution in [0.5, 0.6) is 0 Å². The molecule has 0 aliphatic rings. The highest BCUT2D eigenvalue weighted by atomic mass is 35.5. The van der Waals surface area contributed by atoms with E-state index in [0.29, 0.717) is 5.13 Å². The third-order valence-corrected chi connectivity index (χ3v) is 7.39. The van der Waals surface area contributed by atoms with Crippen molar-refractivity contribution in [2.24, 2.45) is 0 Å². The van der Waals surface area contributed by atoms with E-state index in [4.69, 9.17) is 23.2 Å². The van der Waals surface area contributed by atoms with Crippen molar-refractivity contribution in [1.82, 2.24) is 15.5 Å². The molecule has 0 spiro atoms. The molecule has 11 heteroatoms. The van der Waals surface area contributed by atoms with E-state index in [2.05, 4.69) is 26.9 Å². The maximum absolute atomic E-state index is 12.3. The van der Waals surface area contributed by atoms with E-state index < -0.39 is 17.9 Å². The van der Waals surface area contributed by atoms with Crippen LogP contribution < -0.4 is 10.6 Å². The number of amides is 2. The molecule has 1 aromatic carbocycles. The van der Waals surface area contributed by atoms with E-state index in [9.17, 15) is 9.59 Å². The predicted octanol–water partition coefficient (Wildman–Crippen LogP) is 4.96. The number of hydrogen-bond donors (Lipinski definition) is 2. The van der Waals surface area contributed by atoms with Crippen molar-refractivity contribution in [3.8, 4) is 0 Å². The molecule has 0 fully saturated rings. The minimum atomic E-state index is -0.798. The van der Waals surface area contributed by atoms with Gasteiger partial charge in [-0.25, -0.2) is 0 Å². The van der Waals surface area contributed by atoms with E-state index in [1.807, 2.05) is 11.4 Å². The lowest BCUT2D eigenvalue weighted by Gasteiger charge is -2.13. The molecule has 1 unspecified atom stereocenters. The summed E-state index contributed by atoms with van der Waals surface area (Å²) in [7, 11) is 0. The minimum Gasteiger partial charge on any atom is -0.340 e. The maximum Gasteiger partial charge on any atom is 0.253 e. The summed E-state index contributed by atoms with van der Waals surface area (Å²) < 4.78 is 0.756. The van der Waals surface area contributed by atoms with Crippen molar-refractivity contribution in [2.45, 2.75) is 23.1 Å². The monoisotopic (exact) mass is 472 g/mol. The van der Waals surface area contributed by atoms with Crippen molar-refractivity contribution in [3.05, 3.63) is 56.2 Å². The van der Waals surface area contributed by atoms with Gasteiger partial charge in [-0.05, 0) is 30.5 Å². The van der Waals surface area contributed by atoms with Crippen LogP contribution in [0, 0.1) is 0 Å². The van der Waals surface area contributed by atoms with Gasteiger partial charge in [0.15, 0.2) is 4.34 Å². The Hall–Kier alpha value is -1.65. The second-order valence-corrected chi connectivity index (χ2v) is 9.54. The smallest absolute Gasteiger partial charge is 0.253 e. The number of nitrogens with one attached hydrogen (secondary N) is 2. The molecule has 28 heavy (non-hydrogen) atoms. The summed E-state index contributed by atoms with van der Waals surface area (Å²) in [6.45, 7) is 1.57. The second kappa shape index (κ2) is 9.71. The van der Waals surface area contributed by atoms with Gasteiger partial charge >= 0.3 is 0 Å². The predicted molar refractivity (Wildman–Crippen MR) is 116 cm³/mol. The number of rotatable bonds is 7. The average Bonchev–Trinajstić information content (AvgIpc) is 3.33. The quantitative estimate of drug-likeness (QED) is 0.375. The minimum absolute atomic E-state index is 0.144. The number of anilines is 1. The maximum atomic E-state index is 12.3. The molecule has 2 N–H and O–H groups in total. The highest BCUT2D eigenvalue weighted by molar-refractivity contribution is 8.00. The van der Waals surface area contributed by atoms with Gasteiger partial charge in [-0.1, -0.05) is 58.4 Å². The molecule has 0 radical (unpaired) electrons. The van der Waals surface area contributed by atoms with Crippen LogP contribution in [0.4, 0.5) is 5.13 Å². The Morgan fingerprint density at radius 2 is 2.04 bits per heavy atom. The zero-order valence-electron chi connectivity index (χ0n) is 14.4. The van der Waals surface area contributed by atoms with Gasteiger partial charge in [0.2, 0.25) is 11.0 Å². The van der Waals surface area contributed by atoms with Crippen LogP contribution >= 0.6 is 57.6 Å². The molecule has 3 rings (SSSR count). The van der Waals surface area contributed by atoms with Crippen LogP contribution in [-0.2, 0) is 10.5 Å².